The van der Waals surface area contributed by atoms with Gasteiger partial charge in [0.1, 0.15) is 0 Å². The number of methoxy groups -OCH3 is 2. The van der Waals surface area contributed by atoms with E-state index in [9.17, 15) is 9.59 Å². The predicted molar refractivity (Wildman–Crippen MR) is 105 cm³/mol. The second kappa shape index (κ2) is 8.78. The lowest BCUT2D eigenvalue weighted by molar-refractivity contribution is -0.131. The fourth-order valence-corrected chi connectivity index (χ4v) is 3.65. The lowest BCUT2D eigenvalue weighted by atomic mass is 9.90. The largest absolute Gasteiger partial charge is 0.493 e. The van der Waals surface area contributed by atoms with Crippen LogP contribution in [0.25, 0.3) is 0 Å². The van der Waals surface area contributed by atoms with Crippen molar-refractivity contribution in [3.05, 3.63) is 59.2 Å². The van der Waals surface area contributed by atoms with E-state index in [1.54, 1.807) is 26.4 Å². The number of hydrogen-bond donors (Lipinski definition) is 1. The Balaban J connectivity index is 1.66. The summed E-state index contributed by atoms with van der Waals surface area (Å²) < 4.78 is 10.6. The molecule has 2 aromatic carbocycles. The zero-order valence-corrected chi connectivity index (χ0v) is 16.2. The Morgan fingerprint density at radius 1 is 1.07 bits per heavy atom. The summed E-state index contributed by atoms with van der Waals surface area (Å²) in [4.78, 5) is 25.7. The number of likely N-dealkylation sites (tertiary alicyclic amines) is 1. The quantitative estimate of drug-likeness (QED) is 0.828. The summed E-state index contributed by atoms with van der Waals surface area (Å²) in [6, 6.07) is 12.5. The highest BCUT2D eigenvalue weighted by molar-refractivity contribution is 5.87. The average molecular weight is 383 g/mol. The van der Waals surface area contributed by atoms with Crippen LogP contribution in [0.5, 0.6) is 11.5 Å². The first-order valence-corrected chi connectivity index (χ1v) is 9.33. The van der Waals surface area contributed by atoms with E-state index in [2.05, 4.69) is 0 Å². The van der Waals surface area contributed by atoms with E-state index in [1.807, 2.05) is 35.2 Å². The van der Waals surface area contributed by atoms with Gasteiger partial charge < -0.3 is 19.5 Å². The van der Waals surface area contributed by atoms with Crippen LogP contribution < -0.4 is 9.47 Å². The highest BCUT2D eigenvalue weighted by Crippen LogP contribution is 2.30. The minimum absolute atomic E-state index is 0.0825. The fraction of sp³-hybridized carbons (Fsp3) is 0.364. The molecule has 6 nitrogen and oxygen atoms in total. The van der Waals surface area contributed by atoms with Crippen molar-refractivity contribution in [2.75, 3.05) is 27.3 Å². The van der Waals surface area contributed by atoms with Crippen LogP contribution in [-0.2, 0) is 11.2 Å². The summed E-state index contributed by atoms with van der Waals surface area (Å²) >= 11 is 0. The molecular weight excluding hydrogens is 358 g/mol. The Kier molecular flexibility index (Phi) is 6.19. The van der Waals surface area contributed by atoms with E-state index in [0.717, 1.165) is 30.5 Å². The van der Waals surface area contributed by atoms with Crippen LogP contribution in [0.4, 0.5) is 0 Å². The molecule has 1 heterocycles. The van der Waals surface area contributed by atoms with E-state index in [1.165, 1.54) is 0 Å². The first-order valence-electron chi connectivity index (χ1n) is 9.33. The van der Waals surface area contributed by atoms with E-state index in [4.69, 9.17) is 14.6 Å². The van der Waals surface area contributed by atoms with E-state index in [0.29, 0.717) is 24.5 Å². The van der Waals surface area contributed by atoms with Gasteiger partial charge in [0.2, 0.25) is 5.91 Å². The summed E-state index contributed by atoms with van der Waals surface area (Å²) in [5.41, 5.74) is 2.24. The number of nitrogens with zero attached hydrogens (tertiary/aromatic N) is 1. The molecule has 0 saturated carbocycles. The molecule has 0 radical (unpaired) electrons. The maximum atomic E-state index is 12.8. The Bertz CT molecular complexity index is 847. The van der Waals surface area contributed by atoms with Crippen LogP contribution in [0.2, 0.25) is 0 Å². The molecule has 0 aliphatic carbocycles. The number of hydrogen-bond acceptors (Lipinski definition) is 4. The minimum Gasteiger partial charge on any atom is -0.493 e. The van der Waals surface area contributed by atoms with Gasteiger partial charge in [-0.05, 0) is 48.2 Å². The van der Waals surface area contributed by atoms with Crippen molar-refractivity contribution in [3.63, 3.8) is 0 Å². The van der Waals surface area contributed by atoms with Crippen LogP contribution in [0.1, 0.15) is 40.2 Å². The van der Waals surface area contributed by atoms with Crippen molar-refractivity contribution >= 4 is 11.9 Å². The molecule has 0 unspecified atom stereocenters. The topological polar surface area (TPSA) is 76.1 Å². The second-order valence-corrected chi connectivity index (χ2v) is 6.97. The molecule has 1 amide bonds. The van der Waals surface area contributed by atoms with Gasteiger partial charge in [-0.1, -0.05) is 18.2 Å². The highest BCUT2D eigenvalue weighted by Gasteiger charge is 2.25. The molecule has 1 saturated heterocycles. The Hall–Kier alpha value is -3.02. The maximum absolute atomic E-state index is 12.8. The Morgan fingerprint density at radius 2 is 1.79 bits per heavy atom. The number of carboxylic acids is 1. The third-order valence-corrected chi connectivity index (χ3v) is 5.21. The van der Waals surface area contributed by atoms with Crippen LogP contribution in [0.15, 0.2) is 42.5 Å². The van der Waals surface area contributed by atoms with E-state index in [-0.39, 0.29) is 17.4 Å². The zero-order chi connectivity index (χ0) is 20.1. The van der Waals surface area contributed by atoms with Gasteiger partial charge >= 0.3 is 5.97 Å². The van der Waals surface area contributed by atoms with Gasteiger partial charge in [-0.25, -0.2) is 4.79 Å². The average Bonchev–Trinajstić information content (AvgIpc) is 2.73. The second-order valence-electron chi connectivity index (χ2n) is 6.97. The van der Waals surface area contributed by atoms with Gasteiger partial charge in [-0.2, -0.15) is 0 Å². The van der Waals surface area contributed by atoms with Gasteiger partial charge in [-0.3, -0.25) is 4.79 Å². The van der Waals surface area contributed by atoms with E-state index >= 15 is 0 Å². The van der Waals surface area contributed by atoms with Crippen molar-refractivity contribution in [2.24, 2.45) is 0 Å². The van der Waals surface area contributed by atoms with Crippen LogP contribution in [-0.4, -0.2) is 49.2 Å². The van der Waals surface area contributed by atoms with Crippen molar-refractivity contribution in [3.8, 4) is 11.5 Å². The number of rotatable bonds is 6. The molecular formula is C22H25NO5. The number of piperidine rings is 1. The van der Waals surface area contributed by atoms with Crippen molar-refractivity contribution in [1.82, 2.24) is 4.90 Å². The molecule has 1 atom stereocenters. The Labute approximate surface area is 164 Å². The fourth-order valence-electron chi connectivity index (χ4n) is 3.65. The van der Waals surface area contributed by atoms with Crippen LogP contribution in [0, 0.1) is 0 Å². The molecule has 1 fully saturated rings. The number of aromatic carboxylic acids is 1. The number of amides is 1. The molecule has 1 aliphatic rings. The van der Waals surface area contributed by atoms with Crippen molar-refractivity contribution < 1.29 is 24.2 Å². The summed E-state index contributed by atoms with van der Waals surface area (Å²) in [5.74, 6) is 0.635. The molecule has 148 valence electrons. The number of ether oxygens (including phenoxy) is 2. The zero-order valence-electron chi connectivity index (χ0n) is 16.2. The first-order chi connectivity index (χ1) is 13.5. The number of carbonyl (C=O) groups is 2. The van der Waals surface area contributed by atoms with Crippen molar-refractivity contribution in [1.29, 1.82) is 0 Å². The van der Waals surface area contributed by atoms with Gasteiger partial charge in [0.25, 0.3) is 0 Å². The molecule has 0 spiro atoms. The highest BCUT2D eigenvalue weighted by atomic mass is 16.5. The number of carboxylic acid groups (broad SMARTS) is 1. The summed E-state index contributed by atoms with van der Waals surface area (Å²) in [5, 5.41) is 9.04. The van der Waals surface area contributed by atoms with Crippen LogP contribution >= 0.6 is 0 Å². The molecule has 3 rings (SSSR count). The lowest BCUT2D eigenvalue weighted by Crippen LogP contribution is -2.39. The molecule has 28 heavy (non-hydrogen) atoms. The van der Waals surface area contributed by atoms with Crippen LogP contribution in [0.3, 0.4) is 0 Å². The maximum Gasteiger partial charge on any atom is 0.335 e. The lowest BCUT2D eigenvalue weighted by Gasteiger charge is -2.33. The normalized spacial score (nSPS) is 16.5. The molecule has 0 aromatic heterocycles. The van der Waals surface area contributed by atoms with E-state index < -0.39 is 5.97 Å². The third-order valence-electron chi connectivity index (χ3n) is 5.21. The molecule has 6 heteroatoms. The first kappa shape index (κ1) is 19.7. The predicted octanol–water partition coefficient (Wildman–Crippen LogP) is 3.35. The number of benzene rings is 2. The third kappa shape index (κ3) is 4.44. The molecule has 1 aliphatic heterocycles. The molecule has 1 N–H and O–H groups in total. The Morgan fingerprint density at radius 3 is 2.43 bits per heavy atom. The number of carbonyl (C=O) groups excluding carboxylic acids is 1. The molecule has 2 aromatic rings. The SMILES string of the molecule is COc1ccc(CC(=O)N2CCC[C@@H](c3ccc(C(=O)O)cc3)C2)cc1OC. The summed E-state index contributed by atoms with van der Waals surface area (Å²) in [7, 11) is 3.16. The monoisotopic (exact) mass is 383 g/mol. The van der Waals surface area contributed by atoms with Gasteiger partial charge in [0, 0.05) is 19.0 Å². The standard InChI is InChI=1S/C22H25NO5/c1-27-19-10-5-15(12-20(19)28-2)13-21(24)23-11-3-4-18(14-23)16-6-8-17(9-7-16)22(25)26/h5-10,12,18H,3-4,11,13-14H2,1-2H3,(H,25,26)/t18-/m1/s1. The van der Waals surface area contributed by atoms with Crippen molar-refractivity contribution in [2.45, 2.75) is 25.2 Å². The summed E-state index contributed by atoms with van der Waals surface area (Å²) in [6.45, 7) is 1.40. The van der Waals surface area contributed by atoms with Gasteiger partial charge in [0.05, 0.1) is 26.2 Å². The van der Waals surface area contributed by atoms with Gasteiger partial charge in [-0.15, -0.1) is 0 Å². The minimum atomic E-state index is -0.929. The smallest absolute Gasteiger partial charge is 0.335 e. The molecule has 0 bridgehead atoms. The summed E-state index contributed by atoms with van der Waals surface area (Å²) in [6.07, 6.45) is 2.24. The van der Waals surface area contributed by atoms with Gasteiger partial charge in [0.15, 0.2) is 11.5 Å².